The summed E-state index contributed by atoms with van der Waals surface area (Å²) in [5.74, 6) is -0.421. The number of carboxylic acid groups (broad SMARTS) is 1. The highest BCUT2D eigenvalue weighted by Gasteiger charge is 2.27. The van der Waals surface area contributed by atoms with Crippen molar-refractivity contribution in [1.82, 2.24) is 0 Å². The van der Waals surface area contributed by atoms with Gasteiger partial charge in [-0.2, -0.15) is 0 Å². The van der Waals surface area contributed by atoms with Gasteiger partial charge in [0.1, 0.15) is 24.7 Å². The molecule has 0 amide bonds. The first-order chi connectivity index (χ1) is 17.5. The third-order valence-corrected chi connectivity index (χ3v) is 6.24. The Morgan fingerprint density at radius 2 is 1.56 bits per heavy atom. The van der Waals surface area contributed by atoms with E-state index >= 15 is 0 Å². The van der Waals surface area contributed by atoms with Gasteiger partial charge in [0.25, 0.3) is 0 Å². The molecule has 3 aromatic rings. The number of ether oxygens (including phenoxy) is 3. The van der Waals surface area contributed by atoms with Crippen LogP contribution in [-0.4, -0.2) is 29.1 Å². The van der Waals surface area contributed by atoms with E-state index in [1.54, 1.807) is 12.1 Å². The molecule has 0 saturated carbocycles. The first-order valence-corrected chi connectivity index (χ1v) is 12.4. The lowest BCUT2D eigenvalue weighted by Gasteiger charge is -2.28. The summed E-state index contributed by atoms with van der Waals surface area (Å²) in [5, 5.41) is 9.61. The fourth-order valence-electron chi connectivity index (χ4n) is 4.49. The number of rotatable bonds is 11. The fourth-order valence-corrected chi connectivity index (χ4v) is 4.49. The lowest BCUT2D eigenvalue weighted by Crippen LogP contribution is -2.28. The van der Waals surface area contributed by atoms with E-state index in [0.717, 1.165) is 30.4 Å². The van der Waals surface area contributed by atoms with Gasteiger partial charge in [0, 0.05) is 12.5 Å². The van der Waals surface area contributed by atoms with Crippen LogP contribution in [0.1, 0.15) is 59.7 Å². The van der Waals surface area contributed by atoms with E-state index in [9.17, 15) is 14.7 Å². The molecule has 2 atom stereocenters. The van der Waals surface area contributed by atoms with Crippen molar-refractivity contribution in [1.29, 1.82) is 0 Å². The average Bonchev–Trinajstić information content (AvgIpc) is 2.87. The molecule has 1 heterocycles. The average molecular weight is 489 g/mol. The summed E-state index contributed by atoms with van der Waals surface area (Å²) in [6.45, 7) is 2.57. The van der Waals surface area contributed by atoms with Gasteiger partial charge in [-0.05, 0) is 48.9 Å². The van der Waals surface area contributed by atoms with Gasteiger partial charge in [-0.1, -0.05) is 60.7 Å². The molecule has 0 aliphatic carbocycles. The van der Waals surface area contributed by atoms with Crippen LogP contribution in [0.25, 0.3) is 0 Å². The molecule has 1 fully saturated rings. The van der Waals surface area contributed by atoms with Crippen molar-refractivity contribution in [3.63, 3.8) is 0 Å². The van der Waals surface area contributed by atoms with E-state index in [-0.39, 0.29) is 37.4 Å². The fraction of sp³-hybridized carbons (Fsp3) is 0.333. The minimum atomic E-state index is -1.03. The van der Waals surface area contributed by atoms with Gasteiger partial charge in [0.2, 0.25) is 0 Å². The quantitative estimate of drug-likeness (QED) is 0.333. The molecule has 1 N–H and O–H groups in total. The Hall–Kier alpha value is -3.64. The Labute approximate surface area is 211 Å². The van der Waals surface area contributed by atoms with Gasteiger partial charge in [-0.25, -0.2) is 0 Å². The SMILES string of the molecule is C[C@@H]1CCC[C@H](CC(=O)c2c(CC(=O)O)cc(OCc3ccccc3)cc2OCc2ccccc2)O1. The van der Waals surface area contributed by atoms with Crippen molar-refractivity contribution >= 4 is 11.8 Å². The van der Waals surface area contributed by atoms with Crippen LogP contribution in [0.3, 0.4) is 0 Å². The van der Waals surface area contributed by atoms with Crippen LogP contribution < -0.4 is 9.47 Å². The number of hydrogen-bond acceptors (Lipinski definition) is 5. The monoisotopic (exact) mass is 488 g/mol. The molecule has 1 aliphatic heterocycles. The lowest BCUT2D eigenvalue weighted by atomic mass is 9.93. The number of carboxylic acids is 1. The summed E-state index contributed by atoms with van der Waals surface area (Å²) in [4.78, 5) is 25.3. The van der Waals surface area contributed by atoms with Crippen LogP contribution >= 0.6 is 0 Å². The highest BCUT2D eigenvalue weighted by molar-refractivity contribution is 6.01. The van der Waals surface area contributed by atoms with Crippen molar-refractivity contribution in [2.45, 2.75) is 64.4 Å². The topological polar surface area (TPSA) is 82.1 Å². The van der Waals surface area contributed by atoms with E-state index in [2.05, 4.69) is 0 Å². The third kappa shape index (κ3) is 7.18. The molecule has 0 bridgehead atoms. The molecule has 6 nitrogen and oxygen atoms in total. The first kappa shape index (κ1) is 25.5. The molecule has 0 spiro atoms. The van der Waals surface area contributed by atoms with Crippen LogP contribution in [0.15, 0.2) is 72.8 Å². The van der Waals surface area contributed by atoms with Crippen molar-refractivity contribution in [3.8, 4) is 11.5 Å². The van der Waals surface area contributed by atoms with Gasteiger partial charge in [-0.15, -0.1) is 0 Å². The minimum absolute atomic E-state index is 0.109. The summed E-state index contributed by atoms with van der Waals surface area (Å²) < 4.78 is 18.1. The van der Waals surface area contributed by atoms with E-state index in [0.29, 0.717) is 29.2 Å². The van der Waals surface area contributed by atoms with Gasteiger partial charge in [0.15, 0.2) is 5.78 Å². The van der Waals surface area contributed by atoms with Crippen molar-refractivity contribution in [3.05, 3.63) is 95.1 Å². The maximum absolute atomic E-state index is 13.6. The van der Waals surface area contributed by atoms with E-state index < -0.39 is 5.97 Å². The number of carbonyl (C=O) groups excluding carboxylic acids is 1. The summed E-state index contributed by atoms with van der Waals surface area (Å²) in [6, 6.07) is 22.7. The Kier molecular flexibility index (Phi) is 8.74. The zero-order valence-electron chi connectivity index (χ0n) is 20.5. The Morgan fingerprint density at radius 3 is 2.17 bits per heavy atom. The molecule has 0 unspecified atom stereocenters. The molecule has 1 saturated heterocycles. The second kappa shape index (κ2) is 12.4. The number of aliphatic carboxylic acids is 1. The normalized spacial score (nSPS) is 17.4. The van der Waals surface area contributed by atoms with Crippen LogP contribution in [0, 0.1) is 0 Å². The standard InChI is InChI=1S/C30H32O6/c1-21-9-8-14-25(36-21)17-27(31)30-24(16-29(32)33)15-26(34-19-22-10-4-2-5-11-22)18-28(30)35-20-23-12-6-3-7-13-23/h2-7,10-13,15,18,21,25H,8-9,14,16-17,19-20H2,1H3,(H,32,33)/t21-,25-/m1/s1. The molecule has 1 aliphatic rings. The molecule has 36 heavy (non-hydrogen) atoms. The zero-order chi connectivity index (χ0) is 25.3. The number of ketones is 1. The van der Waals surface area contributed by atoms with Gasteiger partial charge < -0.3 is 19.3 Å². The molecule has 3 aromatic carbocycles. The van der Waals surface area contributed by atoms with E-state index in [4.69, 9.17) is 14.2 Å². The Balaban J connectivity index is 1.65. The molecule has 188 valence electrons. The predicted molar refractivity (Wildman–Crippen MR) is 136 cm³/mol. The molecular weight excluding hydrogens is 456 g/mol. The van der Waals surface area contributed by atoms with E-state index in [1.807, 2.05) is 67.6 Å². The second-order valence-electron chi connectivity index (χ2n) is 9.20. The van der Waals surface area contributed by atoms with E-state index in [1.165, 1.54) is 0 Å². The number of hydrogen-bond donors (Lipinski definition) is 1. The second-order valence-corrected chi connectivity index (χ2v) is 9.20. The lowest BCUT2D eigenvalue weighted by molar-refractivity contribution is -0.136. The van der Waals surface area contributed by atoms with Crippen LogP contribution in [0.4, 0.5) is 0 Å². The number of carbonyl (C=O) groups is 2. The Bertz CT molecular complexity index is 1160. The highest BCUT2D eigenvalue weighted by Crippen LogP contribution is 2.33. The summed E-state index contributed by atoms with van der Waals surface area (Å²) >= 11 is 0. The molecule has 4 rings (SSSR count). The number of Topliss-reactive ketones (excluding diaryl/α,β-unsaturated/α-hetero) is 1. The maximum atomic E-state index is 13.6. The minimum Gasteiger partial charge on any atom is -0.489 e. The van der Waals surface area contributed by atoms with Gasteiger partial charge in [0.05, 0.1) is 24.2 Å². The molecule has 0 radical (unpaired) electrons. The summed E-state index contributed by atoms with van der Waals surface area (Å²) in [7, 11) is 0. The smallest absolute Gasteiger partial charge is 0.307 e. The summed E-state index contributed by atoms with van der Waals surface area (Å²) in [5.41, 5.74) is 2.59. The molecular formula is C30H32O6. The zero-order valence-corrected chi connectivity index (χ0v) is 20.5. The number of benzene rings is 3. The van der Waals surface area contributed by atoms with Crippen LogP contribution in [0.5, 0.6) is 11.5 Å². The first-order valence-electron chi connectivity index (χ1n) is 12.4. The Morgan fingerprint density at radius 1 is 0.917 bits per heavy atom. The third-order valence-electron chi connectivity index (χ3n) is 6.24. The van der Waals surface area contributed by atoms with Gasteiger partial charge >= 0.3 is 5.97 Å². The predicted octanol–water partition coefficient (Wildman–Crippen LogP) is 6.00. The molecule has 6 heteroatoms. The van der Waals surface area contributed by atoms with Crippen molar-refractivity contribution < 1.29 is 28.9 Å². The van der Waals surface area contributed by atoms with Crippen molar-refractivity contribution in [2.24, 2.45) is 0 Å². The van der Waals surface area contributed by atoms with Crippen LogP contribution in [-0.2, 0) is 29.2 Å². The maximum Gasteiger partial charge on any atom is 0.307 e. The molecule has 0 aromatic heterocycles. The summed E-state index contributed by atoms with van der Waals surface area (Å²) in [6.07, 6.45) is 2.59. The van der Waals surface area contributed by atoms with Crippen molar-refractivity contribution in [2.75, 3.05) is 0 Å². The van der Waals surface area contributed by atoms with Gasteiger partial charge in [-0.3, -0.25) is 9.59 Å². The largest absolute Gasteiger partial charge is 0.489 e. The highest BCUT2D eigenvalue weighted by atomic mass is 16.5. The van der Waals surface area contributed by atoms with Crippen LogP contribution in [0.2, 0.25) is 0 Å².